The third-order valence-electron chi connectivity index (χ3n) is 10.9. The minimum absolute atomic E-state index is 0.000818. The fourth-order valence-corrected chi connectivity index (χ4v) is 10.1. The fourth-order valence-electron chi connectivity index (χ4n) is 7.83. The average molecular weight is 1000 g/mol. The minimum Gasteiger partial charge on any atom is -0.387 e. The molecule has 0 bridgehead atoms. The second-order valence-corrected chi connectivity index (χ2v) is 20.0. The van der Waals surface area contributed by atoms with Gasteiger partial charge in [0.25, 0.3) is 0 Å². The first kappa shape index (κ1) is 47.3. The maximum absolute atomic E-state index is 13.8. The Balaban J connectivity index is 0.909. The molecule has 0 spiro atoms. The molecule has 9 rings (SSSR count). The van der Waals surface area contributed by atoms with Gasteiger partial charge in [0, 0.05) is 20.2 Å². The molecule has 11 N–H and O–H groups in total. The van der Waals surface area contributed by atoms with Gasteiger partial charge in [-0.1, -0.05) is 0 Å². The molecule has 0 aromatic carbocycles. The standard InChI is InChI=1S/C32H42N15O17P3/c1-56-22-16(6-57-65(2,50)51)62-32(47-12-44-19-26(35)38-9-41-29(19)47)23(22)64-67(54,55)58-4-13-3-14(30(60-13)45-10-42-17-24(33)36-7-39-27(17)45)63-66(52,53)59-5-15-20(48)21(49)31(61-15)46-11-43-18-25(34)37-8-40-28(18)46/h7-16,20-23,30-32,48-49H,3-6H2,1-2H3,(H,50,51)(H,52,53)(H,54,55)(H2,33,36,39)(H2,34,37,40)(H2,35,38,41). The average Bonchev–Trinajstić information content (AvgIpc) is 4.13. The Hall–Kier alpha value is -4.82. The summed E-state index contributed by atoms with van der Waals surface area (Å²) in [6.45, 7) is -1.02. The number of aliphatic hydroxyl groups excluding tert-OH is 2. The van der Waals surface area contributed by atoms with Gasteiger partial charge in [-0.05, 0) is 0 Å². The summed E-state index contributed by atoms with van der Waals surface area (Å²) in [7, 11) is -13.1. The normalized spacial score (nSPS) is 30.6. The van der Waals surface area contributed by atoms with Gasteiger partial charge in [0.2, 0.25) is 0 Å². The highest BCUT2D eigenvalue weighted by molar-refractivity contribution is 7.51. The minimum atomic E-state index is -5.17. The van der Waals surface area contributed by atoms with E-state index in [0.717, 1.165) is 19.3 Å². The molecule has 3 saturated heterocycles. The molecular formula is C32H42N15O17P3. The van der Waals surface area contributed by atoms with Gasteiger partial charge in [-0.3, -0.25) is 36.4 Å². The fraction of sp³-hybridized carbons (Fsp3) is 0.531. The highest BCUT2D eigenvalue weighted by Gasteiger charge is 2.52. The number of hydrogen-bond acceptors (Lipinski definition) is 26. The monoisotopic (exact) mass is 1000 g/mol. The van der Waals surface area contributed by atoms with Crippen molar-refractivity contribution in [1.29, 1.82) is 0 Å². The SMILES string of the molecule is COC1C(COP(C)(=O)O)OC(n2cnc3c(N)ncnc32)C1OP(=O)(O)OCC1CC(OP(=O)(O)OCC2OC(n3cnc4c(N)ncnc43)C(O)C2O)C(n2cnc3c(N)ncnc32)O1. The summed E-state index contributed by atoms with van der Waals surface area (Å²) < 4.78 is 94.3. The van der Waals surface area contributed by atoms with Crippen LogP contribution in [0.1, 0.15) is 25.1 Å². The first-order valence-electron chi connectivity index (χ1n) is 19.7. The lowest BCUT2D eigenvalue weighted by Gasteiger charge is -2.26. The molecule has 9 heterocycles. The first-order chi connectivity index (χ1) is 31.8. The number of methoxy groups -OCH3 is 1. The Morgan fingerprint density at radius 3 is 1.63 bits per heavy atom. The Labute approximate surface area is 375 Å². The zero-order chi connectivity index (χ0) is 47.6. The molecule has 67 heavy (non-hydrogen) atoms. The molecule has 3 aliphatic heterocycles. The van der Waals surface area contributed by atoms with Crippen LogP contribution in [0.25, 0.3) is 33.5 Å². The topological polar surface area (TPSA) is 444 Å². The molecule has 32 nitrogen and oxygen atoms in total. The van der Waals surface area contributed by atoms with Gasteiger partial charge in [-0.25, -0.2) is 54.0 Å². The van der Waals surface area contributed by atoms with Gasteiger partial charge in [0.05, 0.1) is 44.9 Å². The van der Waals surface area contributed by atoms with E-state index in [9.17, 15) is 38.6 Å². The number of fused-ring (bicyclic) bond motifs is 3. The summed E-state index contributed by atoms with van der Waals surface area (Å²) in [6, 6.07) is 0. The summed E-state index contributed by atoms with van der Waals surface area (Å²) in [5.74, 6) is 0.0778. The third kappa shape index (κ3) is 9.50. The number of rotatable bonds is 17. The Bertz CT molecular complexity index is 2920. The van der Waals surface area contributed by atoms with E-state index in [1.54, 1.807) is 0 Å². The van der Waals surface area contributed by atoms with Gasteiger partial charge in [0.15, 0.2) is 53.1 Å². The molecular weight excluding hydrogens is 959 g/mol. The highest BCUT2D eigenvalue weighted by atomic mass is 31.2. The number of phosphoric acid groups is 2. The summed E-state index contributed by atoms with van der Waals surface area (Å²) in [6.07, 6.45) is -8.02. The molecule has 0 aliphatic carbocycles. The maximum Gasteiger partial charge on any atom is 0.472 e. The van der Waals surface area contributed by atoms with E-state index < -0.39 is 111 Å². The van der Waals surface area contributed by atoms with Gasteiger partial charge < -0.3 is 65.6 Å². The lowest BCUT2D eigenvalue weighted by atomic mass is 10.1. The van der Waals surface area contributed by atoms with Crippen molar-refractivity contribution in [3.05, 3.63) is 38.0 Å². The Kier molecular flexibility index (Phi) is 12.9. The molecule has 0 amide bonds. The van der Waals surface area contributed by atoms with E-state index in [1.807, 2.05) is 0 Å². The molecule has 0 radical (unpaired) electrons. The smallest absolute Gasteiger partial charge is 0.387 e. The molecule has 6 aromatic rings. The van der Waals surface area contributed by atoms with Crippen LogP contribution in [-0.4, -0.2) is 166 Å². The number of ether oxygens (including phenoxy) is 4. The number of nitrogen functional groups attached to an aromatic ring is 3. The van der Waals surface area contributed by atoms with Crippen molar-refractivity contribution in [2.75, 3.05) is 50.8 Å². The number of phosphoric ester groups is 2. The van der Waals surface area contributed by atoms with Crippen molar-refractivity contribution < 1.29 is 80.2 Å². The molecule has 362 valence electrons. The van der Waals surface area contributed by atoms with Gasteiger partial charge in [0.1, 0.15) is 78.3 Å². The maximum atomic E-state index is 13.8. The van der Waals surface area contributed by atoms with E-state index >= 15 is 0 Å². The van der Waals surface area contributed by atoms with Crippen LogP contribution in [0.3, 0.4) is 0 Å². The van der Waals surface area contributed by atoms with Gasteiger partial charge >= 0.3 is 23.2 Å². The predicted molar refractivity (Wildman–Crippen MR) is 221 cm³/mol. The van der Waals surface area contributed by atoms with Gasteiger partial charge in [-0.2, -0.15) is 0 Å². The number of aromatic nitrogens is 12. The quantitative estimate of drug-likeness (QED) is 0.0503. The summed E-state index contributed by atoms with van der Waals surface area (Å²) in [5.41, 5.74) is 18.8. The molecule has 3 fully saturated rings. The molecule has 3 aliphatic rings. The van der Waals surface area contributed by atoms with Crippen LogP contribution in [0.2, 0.25) is 0 Å². The second kappa shape index (κ2) is 18.3. The second-order valence-electron chi connectivity index (χ2n) is 15.3. The number of hydrogen-bond donors (Lipinski definition) is 8. The zero-order valence-electron chi connectivity index (χ0n) is 34.7. The van der Waals surface area contributed by atoms with Crippen LogP contribution in [-0.2, 0) is 55.3 Å². The van der Waals surface area contributed by atoms with Crippen LogP contribution in [0, 0.1) is 0 Å². The Morgan fingerprint density at radius 2 is 1.09 bits per heavy atom. The molecule has 14 atom stereocenters. The van der Waals surface area contributed by atoms with E-state index in [4.69, 9.17) is 58.8 Å². The van der Waals surface area contributed by atoms with E-state index in [0.29, 0.717) is 0 Å². The number of aliphatic hydroxyl groups is 2. The zero-order valence-corrected chi connectivity index (χ0v) is 37.4. The first-order valence-corrected chi connectivity index (χ1v) is 24.7. The van der Waals surface area contributed by atoms with Crippen molar-refractivity contribution in [2.45, 2.75) is 73.9 Å². The molecule has 14 unspecified atom stereocenters. The van der Waals surface area contributed by atoms with Crippen LogP contribution in [0.4, 0.5) is 17.5 Å². The Morgan fingerprint density at radius 1 is 0.612 bits per heavy atom. The van der Waals surface area contributed by atoms with Crippen molar-refractivity contribution in [2.24, 2.45) is 0 Å². The third-order valence-corrected chi connectivity index (χ3v) is 13.5. The number of imidazole rings is 3. The van der Waals surface area contributed by atoms with Crippen molar-refractivity contribution in [3.63, 3.8) is 0 Å². The number of anilines is 3. The van der Waals surface area contributed by atoms with E-state index in [2.05, 4.69) is 44.9 Å². The lowest BCUT2D eigenvalue weighted by Crippen LogP contribution is -2.37. The largest absolute Gasteiger partial charge is 0.472 e. The molecule has 6 aromatic heterocycles. The van der Waals surface area contributed by atoms with Crippen LogP contribution in [0.15, 0.2) is 38.0 Å². The lowest BCUT2D eigenvalue weighted by molar-refractivity contribution is -0.0641. The number of nitrogens with zero attached hydrogens (tertiary/aromatic N) is 12. The summed E-state index contributed by atoms with van der Waals surface area (Å²) in [4.78, 5) is 68.8. The van der Waals surface area contributed by atoms with Gasteiger partial charge in [-0.15, -0.1) is 0 Å². The van der Waals surface area contributed by atoms with E-state index in [-0.39, 0.29) is 57.4 Å². The van der Waals surface area contributed by atoms with Crippen LogP contribution < -0.4 is 17.2 Å². The van der Waals surface area contributed by atoms with Crippen LogP contribution >= 0.6 is 23.2 Å². The van der Waals surface area contributed by atoms with Crippen molar-refractivity contribution in [3.8, 4) is 0 Å². The number of nitrogens with two attached hydrogens (primary N) is 3. The summed E-state index contributed by atoms with van der Waals surface area (Å²) in [5, 5.41) is 21.7. The molecule has 35 heteroatoms. The van der Waals surface area contributed by atoms with E-state index in [1.165, 1.54) is 46.1 Å². The molecule has 0 saturated carbocycles. The predicted octanol–water partition coefficient (Wildman–Crippen LogP) is -1.09. The van der Waals surface area contributed by atoms with Crippen LogP contribution in [0.5, 0.6) is 0 Å². The summed E-state index contributed by atoms with van der Waals surface area (Å²) >= 11 is 0. The van der Waals surface area contributed by atoms with Crippen molar-refractivity contribution >= 4 is 74.2 Å². The van der Waals surface area contributed by atoms with Crippen molar-refractivity contribution in [1.82, 2.24) is 58.6 Å². The highest BCUT2D eigenvalue weighted by Crippen LogP contribution is 2.53.